The first-order valence-corrected chi connectivity index (χ1v) is 7.34. The lowest BCUT2D eigenvalue weighted by Gasteiger charge is -2.27. The fraction of sp³-hybridized carbons (Fsp3) is 0.625. The van der Waals surface area contributed by atoms with E-state index in [9.17, 15) is 0 Å². The summed E-state index contributed by atoms with van der Waals surface area (Å²) in [5.74, 6) is 0. The van der Waals surface area contributed by atoms with E-state index in [-0.39, 0.29) is 0 Å². The van der Waals surface area contributed by atoms with Crippen LogP contribution in [0.2, 0.25) is 0 Å². The number of benzene rings is 1. The molecule has 3 heteroatoms. The number of aryl methyl sites for hydroxylation is 1. The standard InChI is InChI=1S/C16H27N3/c1-14-6-8-15(9-7-14)17-10-12-19-11-4-5-16(19)13-18(2)3/h6-9,16-17H,4-5,10-13H2,1-3H3. The predicted octanol–water partition coefficient (Wildman–Crippen LogP) is 2.43. The number of anilines is 1. The minimum Gasteiger partial charge on any atom is -0.384 e. The first-order chi connectivity index (χ1) is 9.15. The van der Waals surface area contributed by atoms with Crippen molar-refractivity contribution in [2.24, 2.45) is 0 Å². The third kappa shape index (κ3) is 4.51. The Bertz CT molecular complexity index is 372. The molecule has 0 aliphatic carbocycles. The molecule has 106 valence electrons. The van der Waals surface area contributed by atoms with Crippen molar-refractivity contribution >= 4 is 5.69 Å². The van der Waals surface area contributed by atoms with E-state index in [0.717, 1.165) is 19.1 Å². The van der Waals surface area contributed by atoms with Crippen LogP contribution in [0.15, 0.2) is 24.3 Å². The summed E-state index contributed by atoms with van der Waals surface area (Å²) in [5, 5.41) is 3.52. The predicted molar refractivity (Wildman–Crippen MR) is 82.8 cm³/mol. The molecule has 3 nitrogen and oxygen atoms in total. The van der Waals surface area contributed by atoms with Crippen molar-refractivity contribution in [3.05, 3.63) is 29.8 Å². The zero-order valence-corrected chi connectivity index (χ0v) is 12.5. The van der Waals surface area contributed by atoms with E-state index in [1.165, 1.54) is 37.2 Å². The van der Waals surface area contributed by atoms with Crippen LogP contribution in [0.4, 0.5) is 5.69 Å². The Labute approximate surface area is 117 Å². The Hall–Kier alpha value is -1.06. The summed E-state index contributed by atoms with van der Waals surface area (Å²) in [6.07, 6.45) is 2.70. The molecule has 0 amide bonds. The van der Waals surface area contributed by atoms with Gasteiger partial charge in [-0.15, -0.1) is 0 Å². The molecule has 1 aromatic carbocycles. The maximum Gasteiger partial charge on any atom is 0.0340 e. The summed E-state index contributed by atoms with van der Waals surface area (Å²) in [4.78, 5) is 4.93. The highest BCUT2D eigenvalue weighted by Gasteiger charge is 2.23. The van der Waals surface area contributed by atoms with Gasteiger partial charge in [0, 0.05) is 31.4 Å². The van der Waals surface area contributed by atoms with Gasteiger partial charge in [-0.05, 0) is 52.5 Å². The maximum absolute atomic E-state index is 3.52. The lowest BCUT2D eigenvalue weighted by molar-refractivity contribution is 0.214. The Morgan fingerprint density at radius 2 is 2.00 bits per heavy atom. The van der Waals surface area contributed by atoms with Gasteiger partial charge in [0.25, 0.3) is 0 Å². The minimum absolute atomic E-state index is 0.745. The van der Waals surface area contributed by atoms with Gasteiger partial charge in [-0.25, -0.2) is 0 Å². The van der Waals surface area contributed by atoms with Gasteiger partial charge in [-0.1, -0.05) is 17.7 Å². The van der Waals surface area contributed by atoms with Crippen molar-refractivity contribution in [3.8, 4) is 0 Å². The average Bonchev–Trinajstić information content (AvgIpc) is 2.78. The molecule has 2 rings (SSSR count). The lowest BCUT2D eigenvalue weighted by atomic mass is 10.2. The van der Waals surface area contributed by atoms with Crippen molar-refractivity contribution in [2.45, 2.75) is 25.8 Å². The Morgan fingerprint density at radius 3 is 2.68 bits per heavy atom. The molecule has 0 radical (unpaired) electrons. The van der Waals surface area contributed by atoms with Crippen LogP contribution in [0, 0.1) is 6.92 Å². The molecule has 1 N–H and O–H groups in total. The van der Waals surface area contributed by atoms with Crippen LogP contribution in [-0.2, 0) is 0 Å². The zero-order chi connectivity index (χ0) is 13.7. The molecule has 1 unspecified atom stereocenters. The monoisotopic (exact) mass is 261 g/mol. The number of rotatable bonds is 6. The first-order valence-electron chi connectivity index (χ1n) is 7.34. The van der Waals surface area contributed by atoms with Gasteiger partial charge in [0.2, 0.25) is 0 Å². The molecule has 0 bridgehead atoms. The minimum atomic E-state index is 0.745. The number of nitrogens with zero attached hydrogens (tertiary/aromatic N) is 2. The van der Waals surface area contributed by atoms with Gasteiger partial charge in [0.05, 0.1) is 0 Å². The third-order valence-electron chi connectivity index (χ3n) is 3.85. The number of hydrogen-bond donors (Lipinski definition) is 1. The molecular formula is C16H27N3. The second-order valence-corrected chi connectivity index (χ2v) is 5.89. The highest BCUT2D eigenvalue weighted by Crippen LogP contribution is 2.17. The number of hydrogen-bond acceptors (Lipinski definition) is 3. The summed E-state index contributed by atoms with van der Waals surface area (Å²) in [5.41, 5.74) is 2.55. The number of likely N-dealkylation sites (tertiary alicyclic amines) is 1. The normalized spacial score (nSPS) is 20.1. The van der Waals surface area contributed by atoms with Crippen molar-refractivity contribution in [2.75, 3.05) is 45.6 Å². The van der Waals surface area contributed by atoms with Crippen LogP contribution in [-0.4, -0.2) is 56.1 Å². The van der Waals surface area contributed by atoms with Crippen LogP contribution in [0.25, 0.3) is 0 Å². The Kier molecular flexibility index (Phi) is 5.23. The summed E-state index contributed by atoms with van der Waals surface area (Å²) in [7, 11) is 4.34. The Balaban J connectivity index is 1.74. The topological polar surface area (TPSA) is 18.5 Å². The highest BCUT2D eigenvalue weighted by atomic mass is 15.2. The van der Waals surface area contributed by atoms with Gasteiger partial charge in [0.15, 0.2) is 0 Å². The first kappa shape index (κ1) is 14.4. The van der Waals surface area contributed by atoms with E-state index >= 15 is 0 Å². The van der Waals surface area contributed by atoms with E-state index in [1.807, 2.05) is 0 Å². The fourth-order valence-electron chi connectivity index (χ4n) is 2.83. The summed E-state index contributed by atoms with van der Waals surface area (Å²) < 4.78 is 0. The van der Waals surface area contributed by atoms with Crippen molar-refractivity contribution in [1.29, 1.82) is 0 Å². The molecule has 1 saturated heterocycles. The summed E-state index contributed by atoms with van der Waals surface area (Å²) in [6, 6.07) is 9.39. The molecule has 1 atom stereocenters. The number of likely N-dealkylation sites (N-methyl/N-ethyl adjacent to an activating group) is 1. The van der Waals surface area contributed by atoms with E-state index in [2.05, 4.69) is 60.4 Å². The smallest absolute Gasteiger partial charge is 0.0340 e. The molecule has 0 saturated carbocycles. The molecule has 1 fully saturated rings. The quantitative estimate of drug-likeness (QED) is 0.848. The van der Waals surface area contributed by atoms with Crippen LogP contribution < -0.4 is 5.32 Å². The Morgan fingerprint density at radius 1 is 1.26 bits per heavy atom. The second-order valence-electron chi connectivity index (χ2n) is 5.89. The SMILES string of the molecule is Cc1ccc(NCCN2CCCC2CN(C)C)cc1. The van der Waals surface area contributed by atoms with E-state index in [0.29, 0.717) is 0 Å². The molecule has 1 aliphatic heterocycles. The van der Waals surface area contributed by atoms with Crippen molar-refractivity contribution in [1.82, 2.24) is 9.80 Å². The van der Waals surface area contributed by atoms with Gasteiger partial charge < -0.3 is 10.2 Å². The van der Waals surface area contributed by atoms with Gasteiger partial charge >= 0.3 is 0 Å². The van der Waals surface area contributed by atoms with E-state index in [4.69, 9.17) is 0 Å². The largest absolute Gasteiger partial charge is 0.384 e. The average molecular weight is 261 g/mol. The van der Waals surface area contributed by atoms with E-state index < -0.39 is 0 Å². The maximum atomic E-state index is 3.52. The molecule has 0 spiro atoms. The molecule has 1 aromatic rings. The zero-order valence-electron chi connectivity index (χ0n) is 12.5. The molecule has 1 heterocycles. The van der Waals surface area contributed by atoms with Crippen LogP contribution in [0.5, 0.6) is 0 Å². The van der Waals surface area contributed by atoms with Crippen molar-refractivity contribution in [3.63, 3.8) is 0 Å². The summed E-state index contributed by atoms with van der Waals surface area (Å²) >= 11 is 0. The second kappa shape index (κ2) is 6.92. The van der Waals surface area contributed by atoms with Gasteiger partial charge in [-0.2, -0.15) is 0 Å². The molecular weight excluding hydrogens is 234 g/mol. The molecule has 1 aliphatic rings. The number of nitrogens with one attached hydrogen (secondary N) is 1. The van der Waals surface area contributed by atoms with Crippen LogP contribution in [0.1, 0.15) is 18.4 Å². The summed E-state index contributed by atoms with van der Waals surface area (Å²) in [6.45, 7) is 6.75. The molecule has 19 heavy (non-hydrogen) atoms. The van der Waals surface area contributed by atoms with Crippen molar-refractivity contribution < 1.29 is 0 Å². The highest BCUT2D eigenvalue weighted by molar-refractivity contribution is 5.44. The fourth-order valence-corrected chi connectivity index (χ4v) is 2.83. The van der Waals surface area contributed by atoms with Gasteiger partial charge in [0.1, 0.15) is 0 Å². The lowest BCUT2D eigenvalue weighted by Crippen LogP contribution is -2.39. The molecule has 0 aromatic heterocycles. The third-order valence-corrected chi connectivity index (χ3v) is 3.85. The van der Waals surface area contributed by atoms with E-state index in [1.54, 1.807) is 0 Å². The van der Waals surface area contributed by atoms with Crippen LogP contribution in [0.3, 0.4) is 0 Å². The van der Waals surface area contributed by atoms with Crippen LogP contribution >= 0.6 is 0 Å². The van der Waals surface area contributed by atoms with Gasteiger partial charge in [-0.3, -0.25) is 4.90 Å².